The van der Waals surface area contributed by atoms with Crippen molar-refractivity contribution in [3.05, 3.63) is 59.7 Å². The first kappa shape index (κ1) is 39.2. The molecular weight excluding hydrogens is 595 g/mol. The van der Waals surface area contributed by atoms with Gasteiger partial charge in [-0.3, -0.25) is 0 Å². The molecule has 0 heterocycles. The van der Waals surface area contributed by atoms with Crippen LogP contribution in [0.3, 0.4) is 0 Å². The van der Waals surface area contributed by atoms with E-state index in [0.717, 1.165) is 23.7 Å². The first-order chi connectivity index (χ1) is 16.7. The molecule has 0 aromatic heterocycles. The SMILES string of the molecule is CC(C)C(C)(C)C1CCCC(C)([c-]2cccc2)C1.CC(C)C(C)(C)C1CCCC(C)([c-]2cccc2)C1.[Cl-].[Cl-].[Zr+4]. The van der Waals surface area contributed by atoms with Crippen LogP contribution >= 0.6 is 0 Å². The van der Waals surface area contributed by atoms with Crippen molar-refractivity contribution >= 4 is 0 Å². The van der Waals surface area contributed by atoms with Crippen LogP contribution in [0.5, 0.6) is 0 Å². The van der Waals surface area contributed by atoms with Crippen LogP contribution < -0.4 is 24.8 Å². The Bertz CT molecular complexity index is 832. The fraction of sp³-hybridized carbons (Fsp3) is 0.722. The van der Waals surface area contributed by atoms with Crippen LogP contribution in [0.1, 0.15) is 132 Å². The fourth-order valence-corrected chi connectivity index (χ4v) is 7.26. The normalized spacial score (nSPS) is 27.5. The molecule has 0 N–H and O–H groups in total. The smallest absolute Gasteiger partial charge is 1.00 e. The molecule has 0 nitrogen and oxygen atoms in total. The zero-order valence-electron chi connectivity index (χ0n) is 26.8. The van der Waals surface area contributed by atoms with Crippen molar-refractivity contribution in [3.63, 3.8) is 0 Å². The van der Waals surface area contributed by atoms with Crippen LogP contribution in [0.15, 0.2) is 48.5 Å². The molecule has 4 rings (SSSR count). The molecule has 0 saturated heterocycles. The molecule has 0 spiro atoms. The van der Waals surface area contributed by atoms with Gasteiger partial charge in [0.1, 0.15) is 0 Å². The third-order valence-corrected chi connectivity index (χ3v) is 11.8. The molecule has 2 aliphatic rings. The van der Waals surface area contributed by atoms with Crippen molar-refractivity contribution in [2.24, 2.45) is 34.5 Å². The maximum Gasteiger partial charge on any atom is 4.00 e. The minimum absolute atomic E-state index is 0. The molecule has 4 unspecified atom stereocenters. The van der Waals surface area contributed by atoms with Gasteiger partial charge in [0.05, 0.1) is 0 Å². The fourth-order valence-electron chi connectivity index (χ4n) is 7.26. The summed E-state index contributed by atoms with van der Waals surface area (Å²) in [5, 5.41) is 0. The third-order valence-electron chi connectivity index (χ3n) is 11.8. The van der Waals surface area contributed by atoms with Crippen LogP contribution in [0.25, 0.3) is 0 Å². The molecule has 0 radical (unpaired) electrons. The molecule has 4 atom stereocenters. The summed E-state index contributed by atoms with van der Waals surface area (Å²) in [5.41, 5.74) is 4.89. The molecule has 2 saturated carbocycles. The van der Waals surface area contributed by atoms with Crippen LogP contribution in [-0.4, -0.2) is 0 Å². The average Bonchev–Trinajstić information content (AvgIpc) is 3.54. The topological polar surface area (TPSA) is 0 Å². The second-order valence-electron chi connectivity index (χ2n) is 15.0. The molecule has 0 amide bonds. The van der Waals surface area contributed by atoms with Crippen molar-refractivity contribution in [3.8, 4) is 0 Å². The van der Waals surface area contributed by atoms with E-state index in [2.05, 4.69) is 118 Å². The van der Waals surface area contributed by atoms with Gasteiger partial charge in [-0.25, -0.2) is 24.3 Å². The predicted octanol–water partition coefficient (Wildman–Crippen LogP) is 5.08. The molecule has 0 bridgehead atoms. The molecule has 3 heteroatoms. The van der Waals surface area contributed by atoms with Crippen molar-refractivity contribution in [1.82, 2.24) is 0 Å². The Morgan fingerprint density at radius 2 is 0.897 bits per heavy atom. The monoisotopic (exact) mass is 650 g/mol. The van der Waals surface area contributed by atoms with E-state index in [1.165, 1.54) is 51.4 Å². The van der Waals surface area contributed by atoms with Gasteiger partial charge in [-0.2, -0.15) is 35.4 Å². The zero-order valence-corrected chi connectivity index (χ0v) is 30.8. The van der Waals surface area contributed by atoms with Gasteiger partial charge in [-0.05, 0) is 47.3 Å². The van der Waals surface area contributed by atoms with Crippen LogP contribution in [0.2, 0.25) is 0 Å². The Kier molecular flexibility index (Phi) is 15.6. The summed E-state index contributed by atoms with van der Waals surface area (Å²) in [6, 6.07) is 18.1. The molecular formula is C36H58Cl2Zr. The van der Waals surface area contributed by atoms with Crippen molar-refractivity contribution < 1.29 is 51.0 Å². The number of hydrogen-bond donors (Lipinski definition) is 0. The summed E-state index contributed by atoms with van der Waals surface area (Å²) in [6.45, 7) is 24.4. The Morgan fingerprint density at radius 3 is 1.15 bits per heavy atom. The summed E-state index contributed by atoms with van der Waals surface area (Å²) in [6.07, 6.45) is 11.1. The molecule has 2 aromatic carbocycles. The van der Waals surface area contributed by atoms with Crippen molar-refractivity contribution in [2.75, 3.05) is 0 Å². The summed E-state index contributed by atoms with van der Waals surface area (Å²) < 4.78 is 0. The van der Waals surface area contributed by atoms with Crippen LogP contribution in [-0.2, 0) is 37.0 Å². The van der Waals surface area contributed by atoms with Gasteiger partial charge in [0.2, 0.25) is 0 Å². The Hall–Kier alpha value is 0.163. The summed E-state index contributed by atoms with van der Waals surface area (Å²) in [5.74, 6) is 3.27. The van der Waals surface area contributed by atoms with Crippen molar-refractivity contribution in [2.45, 2.75) is 131 Å². The Labute approximate surface area is 275 Å². The number of rotatable bonds is 6. The maximum atomic E-state index is 2.48. The molecule has 2 aromatic rings. The van der Waals surface area contributed by atoms with E-state index >= 15 is 0 Å². The van der Waals surface area contributed by atoms with Gasteiger partial charge in [0.25, 0.3) is 0 Å². The summed E-state index contributed by atoms with van der Waals surface area (Å²) in [4.78, 5) is 0. The minimum Gasteiger partial charge on any atom is -1.00 e. The van der Waals surface area contributed by atoms with Gasteiger partial charge in [-0.1, -0.05) is 119 Å². The van der Waals surface area contributed by atoms with Gasteiger partial charge in [-0.15, -0.1) is 0 Å². The first-order valence-electron chi connectivity index (χ1n) is 15.2. The zero-order chi connectivity index (χ0) is 26.8. The minimum atomic E-state index is 0. The quantitative estimate of drug-likeness (QED) is 0.383. The molecule has 0 aliphatic heterocycles. The Morgan fingerprint density at radius 1 is 0.615 bits per heavy atom. The first-order valence-corrected chi connectivity index (χ1v) is 15.2. The average molecular weight is 653 g/mol. The largest absolute Gasteiger partial charge is 4.00 e. The number of halogens is 2. The van der Waals surface area contributed by atoms with E-state index in [0.29, 0.717) is 21.7 Å². The molecule has 39 heavy (non-hydrogen) atoms. The standard InChI is InChI=1S/2C18H29.2ClH.Zr/c2*1-14(2)17(3,4)16-11-8-12-18(5,13-16)15-9-6-7-10-15;;;/h2*6-7,9-10,14,16H,8,11-13H2,1-5H3;2*1H;/q2*-1;;;+4/p-2. The maximum absolute atomic E-state index is 2.48. The van der Waals surface area contributed by atoms with Crippen LogP contribution in [0, 0.1) is 34.5 Å². The van der Waals surface area contributed by atoms with Gasteiger partial charge in [0.15, 0.2) is 0 Å². The van der Waals surface area contributed by atoms with E-state index in [1.54, 1.807) is 11.1 Å². The Balaban J connectivity index is 0.000000688. The van der Waals surface area contributed by atoms with Crippen LogP contribution in [0.4, 0.5) is 0 Å². The van der Waals surface area contributed by atoms with E-state index in [1.807, 2.05) is 0 Å². The molecule has 220 valence electrons. The van der Waals surface area contributed by atoms with Gasteiger partial charge in [0, 0.05) is 0 Å². The van der Waals surface area contributed by atoms with Gasteiger partial charge < -0.3 is 24.8 Å². The number of hydrogen-bond acceptors (Lipinski definition) is 0. The van der Waals surface area contributed by atoms with E-state index in [-0.39, 0.29) is 51.0 Å². The second-order valence-corrected chi connectivity index (χ2v) is 15.0. The van der Waals surface area contributed by atoms with E-state index in [9.17, 15) is 0 Å². The summed E-state index contributed by atoms with van der Waals surface area (Å²) in [7, 11) is 0. The molecule has 2 fully saturated rings. The second kappa shape index (κ2) is 15.6. The van der Waals surface area contributed by atoms with E-state index < -0.39 is 0 Å². The third kappa shape index (κ3) is 9.07. The van der Waals surface area contributed by atoms with Gasteiger partial charge >= 0.3 is 26.2 Å². The predicted molar refractivity (Wildman–Crippen MR) is 160 cm³/mol. The van der Waals surface area contributed by atoms with E-state index in [4.69, 9.17) is 0 Å². The molecule has 2 aliphatic carbocycles. The van der Waals surface area contributed by atoms with Crippen molar-refractivity contribution in [1.29, 1.82) is 0 Å². The summed E-state index contributed by atoms with van der Waals surface area (Å²) >= 11 is 0.